The first-order valence-corrected chi connectivity index (χ1v) is 10.1. The van der Waals surface area contributed by atoms with Gasteiger partial charge in [-0.1, -0.05) is 48.5 Å². The summed E-state index contributed by atoms with van der Waals surface area (Å²) < 4.78 is 6.36. The van der Waals surface area contributed by atoms with Gasteiger partial charge in [-0.15, -0.1) is 0 Å². The first-order valence-electron chi connectivity index (χ1n) is 10.1. The number of anilines is 2. The number of para-hydroxylation sites is 2. The zero-order valence-corrected chi connectivity index (χ0v) is 17.7. The molecule has 0 atom stereocenters. The molecule has 0 fully saturated rings. The van der Waals surface area contributed by atoms with Crippen LogP contribution in [-0.2, 0) is 0 Å². The SMILES string of the molecule is Cc1cccc(C)c1N1C=CN(c2c(C)ccc3c2oc2ccccc23)C1(C)C. The van der Waals surface area contributed by atoms with E-state index in [2.05, 4.69) is 99.3 Å². The van der Waals surface area contributed by atoms with E-state index >= 15 is 0 Å². The third-order valence-corrected chi connectivity index (χ3v) is 6.19. The number of hydrogen-bond donors (Lipinski definition) is 0. The second kappa shape index (κ2) is 6.15. The summed E-state index contributed by atoms with van der Waals surface area (Å²) in [7, 11) is 0. The van der Waals surface area contributed by atoms with Crippen molar-refractivity contribution >= 4 is 33.3 Å². The molecule has 3 heteroatoms. The van der Waals surface area contributed by atoms with Crippen molar-refractivity contribution in [3.05, 3.63) is 83.7 Å². The van der Waals surface area contributed by atoms with Crippen LogP contribution in [0.1, 0.15) is 30.5 Å². The highest BCUT2D eigenvalue weighted by atomic mass is 16.3. The van der Waals surface area contributed by atoms with Crippen molar-refractivity contribution in [3.8, 4) is 0 Å². The van der Waals surface area contributed by atoms with Crippen LogP contribution in [0.5, 0.6) is 0 Å². The van der Waals surface area contributed by atoms with Crippen LogP contribution in [0.4, 0.5) is 11.4 Å². The van der Waals surface area contributed by atoms with Gasteiger partial charge in [0.25, 0.3) is 0 Å². The number of rotatable bonds is 2. The summed E-state index contributed by atoms with van der Waals surface area (Å²) in [6, 6.07) is 19.1. The van der Waals surface area contributed by atoms with Crippen LogP contribution in [0.15, 0.2) is 71.4 Å². The monoisotopic (exact) mass is 382 g/mol. The fourth-order valence-electron chi connectivity index (χ4n) is 4.67. The number of hydrogen-bond acceptors (Lipinski definition) is 3. The smallest absolute Gasteiger partial charge is 0.159 e. The Labute approximate surface area is 171 Å². The van der Waals surface area contributed by atoms with Gasteiger partial charge in [-0.25, -0.2) is 0 Å². The Morgan fingerprint density at radius 1 is 0.655 bits per heavy atom. The zero-order chi connectivity index (χ0) is 20.3. The number of nitrogens with zero attached hydrogens (tertiary/aromatic N) is 2. The second-order valence-electron chi connectivity index (χ2n) is 8.48. The van der Waals surface area contributed by atoms with Crippen molar-refractivity contribution in [1.29, 1.82) is 0 Å². The highest BCUT2D eigenvalue weighted by Gasteiger charge is 2.39. The molecule has 0 amide bonds. The summed E-state index contributed by atoms with van der Waals surface area (Å²) in [4.78, 5) is 4.72. The molecule has 146 valence electrons. The van der Waals surface area contributed by atoms with E-state index in [4.69, 9.17) is 4.42 Å². The second-order valence-corrected chi connectivity index (χ2v) is 8.48. The number of benzene rings is 3. The Bertz CT molecular complexity index is 1260. The lowest BCUT2D eigenvalue weighted by atomic mass is 10.0. The molecule has 3 nitrogen and oxygen atoms in total. The van der Waals surface area contributed by atoms with E-state index < -0.39 is 0 Å². The summed E-state index contributed by atoms with van der Waals surface area (Å²) >= 11 is 0. The minimum absolute atomic E-state index is 0.269. The maximum atomic E-state index is 6.36. The number of aryl methyl sites for hydroxylation is 3. The molecule has 1 aliphatic heterocycles. The molecule has 0 aliphatic carbocycles. The van der Waals surface area contributed by atoms with Gasteiger partial charge in [0.15, 0.2) is 5.58 Å². The Balaban J connectivity index is 1.70. The van der Waals surface area contributed by atoms with Crippen LogP contribution < -0.4 is 9.80 Å². The van der Waals surface area contributed by atoms with E-state index in [-0.39, 0.29) is 5.66 Å². The van der Waals surface area contributed by atoms with E-state index in [1.165, 1.54) is 22.4 Å². The summed E-state index contributed by atoms with van der Waals surface area (Å²) in [6.07, 6.45) is 4.37. The molecule has 3 aromatic carbocycles. The maximum Gasteiger partial charge on any atom is 0.159 e. The fourth-order valence-corrected chi connectivity index (χ4v) is 4.67. The van der Waals surface area contributed by atoms with Crippen LogP contribution in [0.25, 0.3) is 21.9 Å². The van der Waals surface area contributed by atoms with Crippen LogP contribution >= 0.6 is 0 Å². The Kier molecular flexibility index (Phi) is 3.79. The van der Waals surface area contributed by atoms with Crippen LogP contribution in [0.3, 0.4) is 0 Å². The topological polar surface area (TPSA) is 19.6 Å². The Hall–Kier alpha value is -3.20. The molecule has 0 spiro atoms. The average Bonchev–Trinajstić information content (AvgIpc) is 3.19. The van der Waals surface area contributed by atoms with Crippen molar-refractivity contribution in [3.63, 3.8) is 0 Å². The molecular formula is C26H26N2O. The molecule has 1 aromatic heterocycles. The maximum absolute atomic E-state index is 6.36. The first kappa shape index (κ1) is 17.9. The normalized spacial score (nSPS) is 15.8. The number of furan rings is 1. The number of fused-ring (bicyclic) bond motifs is 3. The van der Waals surface area contributed by atoms with Gasteiger partial charge in [0.05, 0.1) is 5.69 Å². The molecule has 0 saturated heterocycles. The van der Waals surface area contributed by atoms with Crippen LogP contribution in [0.2, 0.25) is 0 Å². The molecule has 2 heterocycles. The van der Waals surface area contributed by atoms with Crippen molar-refractivity contribution in [1.82, 2.24) is 0 Å². The van der Waals surface area contributed by atoms with E-state index in [0.717, 1.165) is 27.6 Å². The van der Waals surface area contributed by atoms with Gasteiger partial charge in [-0.3, -0.25) is 0 Å². The third kappa shape index (κ3) is 2.50. The molecule has 1 aliphatic rings. The molecule has 4 aromatic rings. The molecule has 0 saturated carbocycles. The van der Waals surface area contributed by atoms with Gasteiger partial charge in [0.1, 0.15) is 11.2 Å². The lowest BCUT2D eigenvalue weighted by molar-refractivity contribution is 0.528. The van der Waals surface area contributed by atoms with Gasteiger partial charge >= 0.3 is 0 Å². The van der Waals surface area contributed by atoms with E-state index in [0.29, 0.717) is 0 Å². The van der Waals surface area contributed by atoms with Gasteiger partial charge in [-0.05, 0) is 57.4 Å². The fraction of sp³-hybridized carbons (Fsp3) is 0.231. The van der Waals surface area contributed by atoms with Crippen molar-refractivity contribution in [2.24, 2.45) is 0 Å². The largest absolute Gasteiger partial charge is 0.454 e. The van der Waals surface area contributed by atoms with Crippen molar-refractivity contribution in [2.45, 2.75) is 40.3 Å². The average molecular weight is 383 g/mol. The highest BCUT2D eigenvalue weighted by Crippen LogP contribution is 2.44. The van der Waals surface area contributed by atoms with E-state index in [1.807, 2.05) is 12.1 Å². The standard InChI is InChI=1S/C26H26N2O/c1-17-9-8-10-18(2)23(17)27-15-16-28(26(27,4)5)24-19(3)13-14-21-20-11-6-7-12-22(20)29-25(21)24/h6-16H,1-5H3. The molecule has 0 bridgehead atoms. The van der Waals surface area contributed by atoms with E-state index in [9.17, 15) is 0 Å². The quantitative estimate of drug-likeness (QED) is 0.370. The minimum Gasteiger partial charge on any atom is -0.454 e. The summed E-state index contributed by atoms with van der Waals surface area (Å²) in [5.74, 6) is 0. The Morgan fingerprint density at radius 3 is 2.00 bits per heavy atom. The predicted molar refractivity (Wildman–Crippen MR) is 123 cm³/mol. The Morgan fingerprint density at radius 2 is 1.28 bits per heavy atom. The summed E-state index contributed by atoms with van der Waals surface area (Å²) in [6.45, 7) is 11.0. The molecule has 0 unspecified atom stereocenters. The lowest BCUT2D eigenvalue weighted by Crippen LogP contribution is -2.49. The molecule has 5 rings (SSSR count). The molecule has 0 radical (unpaired) electrons. The first-order chi connectivity index (χ1) is 13.9. The van der Waals surface area contributed by atoms with Gasteiger partial charge in [-0.2, -0.15) is 0 Å². The third-order valence-electron chi connectivity index (χ3n) is 6.19. The molecule has 29 heavy (non-hydrogen) atoms. The van der Waals surface area contributed by atoms with Crippen molar-refractivity contribution < 1.29 is 4.42 Å². The lowest BCUT2D eigenvalue weighted by Gasteiger charge is -2.41. The van der Waals surface area contributed by atoms with Gasteiger partial charge in [0, 0.05) is 28.9 Å². The molecular weight excluding hydrogens is 356 g/mol. The van der Waals surface area contributed by atoms with Gasteiger partial charge in [0.2, 0.25) is 0 Å². The van der Waals surface area contributed by atoms with E-state index in [1.54, 1.807) is 0 Å². The molecule has 0 N–H and O–H groups in total. The minimum atomic E-state index is -0.269. The summed E-state index contributed by atoms with van der Waals surface area (Å²) in [5, 5.41) is 2.33. The van der Waals surface area contributed by atoms with Crippen LogP contribution in [-0.4, -0.2) is 5.66 Å². The predicted octanol–water partition coefficient (Wildman–Crippen LogP) is 7.05. The van der Waals surface area contributed by atoms with Crippen LogP contribution in [0, 0.1) is 20.8 Å². The summed E-state index contributed by atoms with van der Waals surface area (Å²) in [5.41, 5.74) is 7.78. The highest BCUT2D eigenvalue weighted by molar-refractivity contribution is 6.09. The van der Waals surface area contributed by atoms with Gasteiger partial charge < -0.3 is 14.2 Å². The van der Waals surface area contributed by atoms with Crippen molar-refractivity contribution in [2.75, 3.05) is 9.80 Å². The zero-order valence-electron chi connectivity index (χ0n) is 17.7.